The third-order valence-electron chi connectivity index (χ3n) is 2.36. The molecule has 1 aliphatic rings. The molecule has 0 aliphatic carbocycles. The van der Waals surface area contributed by atoms with Crippen molar-refractivity contribution >= 4 is 17.6 Å². The molecule has 0 aromatic heterocycles. The molecule has 5 heteroatoms. The van der Waals surface area contributed by atoms with Gasteiger partial charge in [-0.05, 0) is 12.1 Å². The minimum atomic E-state index is -1.14. The van der Waals surface area contributed by atoms with Gasteiger partial charge in [-0.15, -0.1) is 0 Å². The summed E-state index contributed by atoms with van der Waals surface area (Å²) in [6, 6.07) is 7.16. The van der Waals surface area contributed by atoms with Gasteiger partial charge >= 0.3 is 5.97 Å². The molecule has 1 N–H and O–H groups in total. The second-order valence-corrected chi connectivity index (χ2v) is 3.48. The van der Waals surface area contributed by atoms with Gasteiger partial charge in [-0.1, -0.05) is 12.1 Å². The summed E-state index contributed by atoms with van der Waals surface area (Å²) in [5.74, 6) is -0.862. The van der Waals surface area contributed by atoms with Crippen LogP contribution in [0.2, 0.25) is 0 Å². The number of benzene rings is 1. The number of para-hydroxylation sites is 2. The number of carbonyl (C=O) groups is 2. The predicted octanol–water partition coefficient (Wildman–Crippen LogP) is 1.05. The number of aliphatic carboxylic acids is 1. The topological polar surface area (TPSA) is 66.8 Å². The molecule has 0 fully saturated rings. The minimum Gasteiger partial charge on any atom is -0.490 e. The van der Waals surface area contributed by atoms with Gasteiger partial charge in [0.15, 0.2) is 0 Å². The quantitative estimate of drug-likeness (QED) is 0.775. The molecule has 1 aromatic rings. The molecule has 1 aromatic carbocycles. The summed E-state index contributed by atoms with van der Waals surface area (Å²) in [4.78, 5) is 23.6. The van der Waals surface area contributed by atoms with Crippen LogP contribution in [0, 0.1) is 0 Å². The van der Waals surface area contributed by atoms with E-state index in [0.29, 0.717) is 24.6 Å². The van der Waals surface area contributed by atoms with Crippen LogP contribution in [-0.4, -0.2) is 30.1 Å². The van der Waals surface area contributed by atoms with Crippen molar-refractivity contribution in [3.8, 4) is 5.75 Å². The monoisotopic (exact) mass is 233 g/mol. The average molecular weight is 233 g/mol. The number of carboxylic acids is 1. The second-order valence-electron chi connectivity index (χ2n) is 3.48. The maximum atomic E-state index is 11.8. The lowest BCUT2D eigenvalue weighted by molar-refractivity contribution is -0.131. The SMILES string of the molecule is O=C(O)/C=C/C(=O)N1CCOc2ccccc21. The molecule has 1 amide bonds. The standard InChI is InChI=1S/C12H11NO4/c14-11(5-6-12(15)16)13-7-8-17-10-4-2-1-3-9(10)13/h1-6H,7-8H2,(H,15,16)/b6-5+. The Labute approximate surface area is 97.9 Å². The van der Waals surface area contributed by atoms with Crippen LogP contribution in [0.3, 0.4) is 0 Å². The van der Waals surface area contributed by atoms with Crippen molar-refractivity contribution in [2.45, 2.75) is 0 Å². The van der Waals surface area contributed by atoms with E-state index in [2.05, 4.69) is 0 Å². The van der Waals surface area contributed by atoms with Crippen LogP contribution in [0.5, 0.6) is 5.75 Å². The Morgan fingerprint density at radius 3 is 2.82 bits per heavy atom. The average Bonchev–Trinajstić information content (AvgIpc) is 2.35. The van der Waals surface area contributed by atoms with Gasteiger partial charge in [0.05, 0.1) is 12.2 Å². The van der Waals surface area contributed by atoms with Crippen LogP contribution in [0.1, 0.15) is 0 Å². The highest BCUT2D eigenvalue weighted by atomic mass is 16.5. The third kappa shape index (κ3) is 2.44. The molecule has 0 saturated carbocycles. The highest BCUT2D eigenvalue weighted by Crippen LogP contribution is 2.30. The second kappa shape index (κ2) is 4.69. The van der Waals surface area contributed by atoms with Crippen LogP contribution in [0.4, 0.5) is 5.69 Å². The molecule has 2 rings (SSSR count). The summed E-state index contributed by atoms with van der Waals surface area (Å²) in [6.07, 6.45) is 1.88. The van der Waals surface area contributed by atoms with Crippen molar-refractivity contribution in [3.63, 3.8) is 0 Å². The zero-order valence-corrected chi connectivity index (χ0v) is 9.00. The lowest BCUT2D eigenvalue weighted by Gasteiger charge is -2.28. The predicted molar refractivity (Wildman–Crippen MR) is 61.1 cm³/mol. The van der Waals surface area contributed by atoms with Crippen molar-refractivity contribution in [3.05, 3.63) is 36.4 Å². The summed E-state index contributed by atoms with van der Waals surface area (Å²) >= 11 is 0. The van der Waals surface area contributed by atoms with E-state index in [-0.39, 0.29) is 5.91 Å². The fourth-order valence-electron chi connectivity index (χ4n) is 1.63. The summed E-state index contributed by atoms with van der Waals surface area (Å²) in [7, 11) is 0. The van der Waals surface area contributed by atoms with Crippen molar-refractivity contribution < 1.29 is 19.4 Å². The third-order valence-corrected chi connectivity index (χ3v) is 2.36. The van der Waals surface area contributed by atoms with Crippen LogP contribution in [0.25, 0.3) is 0 Å². The largest absolute Gasteiger partial charge is 0.490 e. The smallest absolute Gasteiger partial charge is 0.328 e. The molecule has 88 valence electrons. The molecule has 1 heterocycles. The van der Waals surface area contributed by atoms with E-state index >= 15 is 0 Å². The molecular weight excluding hydrogens is 222 g/mol. The molecular formula is C12H11NO4. The van der Waals surface area contributed by atoms with Crippen LogP contribution in [-0.2, 0) is 9.59 Å². The molecule has 1 aliphatic heterocycles. The lowest BCUT2D eigenvalue weighted by Crippen LogP contribution is -2.36. The van der Waals surface area contributed by atoms with Crippen LogP contribution < -0.4 is 9.64 Å². The maximum Gasteiger partial charge on any atom is 0.328 e. The lowest BCUT2D eigenvalue weighted by atomic mass is 10.2. The molecule has 0 unspecified atom stereocenters. The summed E-state index contributed by atoms with van der Waals surface area (Å²) < 4.78 is 5.40. The molecule has 17 heavy (non-hydrogen) atoms. The summed E-state index contributed by atoms with van der Waals surface area (Å²) in [6.45, 7) is 0.823. The number of carbonyl (C=O) groups excluding carboxylic acids is 1. The Hall–Kier alpha value is -2.30. The van der Waals surface area contributed by atoms with Crippen LogP contribution >= 0.6 is 0 Å². The Bertz CT molecular complexity index is 481. The number of hydrogen-bond donors (Lipinski definition) is 1. The van der Waals surface area contributed by atoms with Gasteiger partial charge in [-0.3, -0.25) is 4.79 Å². The van der Waals surface area contributed by atoms with Gasteiger partial charge in [0.1, 0.15) is 12.4 Å². The molecule has 0 bridgehead atoms. The first-order chi connectivity index (χ1) is 8.18. The van der Waals surface area contributed by atoms with Gasteiger partial charge in [0.2, 0.25) is 0 Å². The number of amides is 1. The molecule has 0 atom stereocenters. The Morgan fingerprint density at radius 2 is 2.06 bits per heavy atom. The first-order valence-electron chi connectivity index (χ1n) is 5.13. The Kier molecular flexibility index (Phi) is 3.09. The van der Waals surface area contributed by atoms with E-state index < -0.39 is 5.97 Å². The number of ether oxygens (including phenoxy) is 1. The van der Waals surface area contributed by atoms with Crippen molar-refractivity contribution in [1.82, 2.24) is 0 Å². The Morgan fingerprint density at radius 1 is 1.29 bits per heavy atom. The summed E-state index contributed by atoms with van der Waals surface area (Å²) in [5, 5.41) is 8.47. The van der Waals surface area contributed by atoms with E-state index in [1.54, 1.807) is 18.2 Å². The number of rotatable bonds is 2. The maximum absolute atomic E-state index is 11.8. The van der Waals surface area contributed by atoms with Gasteiger partial charge in [-0.2, -0.15) is 0 Å². The van der Waals surface area contributed by atoms with E-state index in [0.717, 1.165) is 12.2 Å². The zero-order valence-electron chi connectivity index (χ0n) is 9.00. The van der Waals surface area contributed by atoms with Gasteiger partial charge in [-0.25, -0.2) is 4.79 Å². The van der Waals surface area contributed by atoms with Gasteiger partial charge < -0.3 is 14.7 Å². The van der Waals surface area contributed by atoms with E-state index in [1.807, 2.05) is 6.07 Å². The Balaban J connectivity index is 2.24. The number of hydrogen-bond acceptors (Lipinski definition) is 3. The van der Waals surface area contributed by atoms with E-state index in [9.17, 15) is 9.59 Å². The molecule has 0 spiro atoms. The summed E-state index contributed by atoms with van der Waals surface area (Å²) in [5.41, 5.74) is 0.666. The number of anilines is 1. The number of nitrogens with zero attached hydrogens (tertiary/aromatic N) is 1. The van der Waals surface area contributed by atoms with Crippen molar-refractivity contribution in [2.75, 3.05) is 18.1 Å². The van der Waals surface area contributed by atoms with Gasteiger partial charge in [0.25, 0.3) is 5.91 Å². The highest BCUT2D eigenvalue weighted by molar-refractivity contribution is 6.05. The van der Waals surface area contributed by atoms with Crippen LogP contribution in [0.15, 0.2) is 36.4 Å². The number of carboxylic acid groups (broad SMARTS) is 1. The fourth-order valence-corrected chi connectivity index (χ4v) is 1.63. The molecule has 5 nitrogen and oxygen atoms in total. The molecule has 0 radical (unpaired) electrons. The van der Waals surface area contributed by atoms with Crippen molar-refractivity contribution in [2.24, 2.45) is 0 Å². The molecule has 0 saturated heterocycles. The normalized spacial score (nSPS) is 14.2. The number of fused-ring (bicyclic) bond motifs is 1. The fraction of sp³-hybridized carbons (Fsp3) is 0.167. The van der Waals surface area contributed by atoms with E-state index in [4.69, 9.17) is 9.84 Å². The minimum absolute atomic E-state index is 0.358. The first-order valence-corrected chi connectivity index (χ1v) is 5.13. The van der Waals surface area contributed by atoms with Gasteiger partial charge in [0, 0.05) is 12.2 Å². The van der Waals surface area contributed by atoms with Crippen molar-refractivity contribution in [1.29, 1.82) is 0 Å². The zero-order chi connectivity index (χ0) is 12.3. The van der Waals surface area contributed by atoms with E-state index in [1.165, 1.54) is 4.90 Å². The highest BCUT2D eigenvalue weighted by Gasteiger charge is 2.21. The first kappa shape index (κ1) is 11.2.